The first kappa shape index (κ1) is 22.9. The number of rotatable bonds is 5. The zero-order valence-corrected chi connectivity index (χ0v) is 19.3. The van der Waals surface area contributed by atoms with Crippen molar-refractivity contribution in [2.75, 3.05) is 10.2 Å². The van der Waals surface area contributed by atoms with Gasteiger partial charge in [-0.3, -0.25) is 9.59 Å². The van der Waals surface area contributed by atoms with Gasteiger partial charge in [-0.05, 0) is 61.5 Å². The number of amides is 2. The molecule has 1 N–H and O–H groups in total. The van der Waals surface area contributed by atoms with Crippen molar-refractivity contribution in [1.29, 1.82) is 0 Å². The Morgan fingerprint density at radius 3 is 2.18 bits per heavy atom. The number of carbonyl (C=O) groups is 3. The molecule has 0 aromatic heterocycles. The minimum atomic E-state index is -0.716. The van der Waals surface area contributed by atoms with E-state index in [0.29, 0.717) is 22.0 Å². The Balaban J connectivity index is 1.49. The molecule has 3 aromatic rings. The second-order valence-electron chi connectivity index (χ2n) is 7.14. The molecular weight excluding hydrogens is 487 g/mol. The van der Waals surface area contributed by atoms with E-state index in [2.05, 4.69) is 5.32 Å². The molecule has 0 spiro atoms. The van der Waals surface area contributed by atoms with E-state index in [9.17, 15) is 14.4 Å². The van der Waals surface area contributed by atoms with Crippen LogP contribution in [-0.4, -0.2) is 17.8 Å². The Morgan fingerprint density at radius 2 is 1.55 bits per heavy atom. The van der Waals surface area contributed by atoms with Crippen molar-refractivity contribution in [1.82, 2.24) is 0 Å². The lowest BCUT2D eigenvalue weighted by Crippen LogP contribution is -2.32. The van der Waals surface area contributed by atoms with Gasteiger partial charge in [0.25, 0.3) is 11.8 Å². The van der Waals surface area contributed by atoms with Gasteiger partial charge >= 0.3 is 5.97 Å². The van der Waals surface area contributed by atoms with Gasteiger partial charge in [0.15, 0.2) is 0 Å². The third-order valence-electron chi connectivity index (χ3n) is 4.80. The molecule has 166 valence electrons. The lowest BCUT2D eigenvalue weighted by atomic mass is 10.2. The average Bonchev–Trinajstić information content (AvgIpc) is 2.99. The summed E-state index contributed by atoms with van der Waals surface area (Å²) in [6.45, 7) is 1.94. The fraction of sp³-hybridized carbons (Fsp3) is 0.0417. The molecule has 1 aliphatic rings. The number of benzene rings is 3. The lowest BCUT2D eigenvalue weighted by molar-refractivity contribution is -0.120. The van der Waals surface area contributed by atoms with Gasteiger partial charge in [-0.1, -0.05) is 52.5 Å². The lowest BCUT2D eigenvalue weighted by Gasteiger charge is -2.16. The summed E-state index contributed by atoms with van der Waals surface area (Å²) in [6, 6.07) is 17.7. The van der Waals surface area contributed by atoms with E-state index in [1.54, 1.807) is 24.3 Å². The predicted octanol–water partition coefficient (Wildman–Crippen LogP) is 5.96. The number of ether oxygens (including phenoxy) is 1. The van der Waals surface area contributed by atoms with Crippen LogP contribution in [0.5, 0.6) is 5.75 Å². The molecule has 0 aliphatic carbocycles. The number of esters is 1. The van der Waals surface area contributed by atoms with Gasteiger partial charge in [0, 0.05) is 10.7 Å². The summed E-state index contributed by atoms with van der Waals surface area (Å²) in [7, 11) is 0. The molecule has 0 fully saturated rings. The second kappa shape index (κ2) is 9.27. The maximum Gasteiger partial charge on any atom is 0.343 e. The molecule has 33 heavy (non-hydrogen) atoms. The van der Waals surface area contributed by atoms with Crippen LogP contribution in [0.3, 0.4) is 0 Å². The van der Waals surface area contributed by atoms with E-state index in [1.807, 2.05) is 19.1 Å². The quantitative estimate of drug-likeness (QED) is 0.265. The van der Waals surface area contributed by atoms with Crippen molar-refractivity contribution in [3.05, 3.63) is 98.6 Å². The highest BCUT2D eigenvalue weighted by atomic mass is 35.5. The average molecular weight is 502 g/mol. The molecular formula is C24H15Cl3N2O4. The van der Waals surface area contributed by atoms with E-state index in [0.717, 1.165) is 10.5 Å². The van der Waals surface area contributed by atoms with Gasteiger partial charge in [-0.25, -0.2) is 9.69 Å². The van der Waals surface area contributed by atoms with Crippen molar-refractivity contribution in [2.45, 2.75) is 6.92 Å². The summed E-state index contributed by atoms with van der Waals surface area (Å²) in [6.07, 6.45) is 0. The number of hydrogen-bond donors (Lipinski definition) is 1. The van der Waals surface area contributed by atoms with Crippen molar-refractivity contribution < 1.29 is 19.1 Å². The summed E-state index contributed by atoms with van der Waals surface area (Å²) in [5.74, 6) is -1.48. The molecule has 0 bridgehead atoms. The monoisotopic (exact) mass is 500 g/mol. The van der Waals surface area contributed by atoms with Crippen molar-refractivity contribution in [3.8, 4) is 5.75 Å². The van der Waals surface area contributed by atoms with Crippen molar-refractivity contribution in [2.24, 2.45) is 0 Å². The molecule has 1 heterocycles. The zero-order chi connectivity index (χ0) is 23.7. The molecule has 0 saturated heterocycles. The fourth-order valence-corrected chi connectivity index (χ4v) is 3.80. The maximum absolute atomic E-state index is 12.9. The molecule has 0 atom stereocenters. The number of aryl methyl sites for hydroxylation is 1. The number of carbonyl (C=O) groups excluding carboxylic acids is 3. The fourth-order valence-electron chi connectivity index (χ4n) is 3.10. The van der Waals surface area contributed by atoms with E-state index >= 15 is 0 Å². The molecule has 0 saturated carbocycles. The van der Waals surface area contributed by atoms with Crippen molar-refractivity contribution in [3.63, 3.8) is 0 Å². The van der Waals surface area contributed by atoms with Crippen LogP contribution in [-0.2, 0) is 9.59 Å². The number of halogens is 3. The van der Waals surface area contributed by atoms with Crippen LogP contribution in [0.2, 0.25) is 10.0 Å². The first-order valence-corrected chi connectivity index (χ1v) is 10.8. The number of anilines is 2. The minimum Gasteiger partial charge on any atom is -0.423 e. The highest BCUT2D eigenvalue weighted by Gasteiger charge is 2.39. The van der Waals surface area contributed by atoms with Gasteiger partial charge in [0.05, 0.1) is 16.3 Å². The SMILES string of the molecule is Cc1ccc(OC(=O)c2ccc(NC3=C(Cl)C(=O)N(c4ccc(Cl)cc4Cl)C3=O)cc2)cc1. The molecule has 1 aliphatic heterocycles. The molecule has 9 heteroatoms. The van der Waals surface area contributed by atoms with Crippen LogP contribution in [0, 0.1) is 6.92 Å². The Labute approximate surface area is 204 Å². The molecule has 3 aromatic carbocycles. The Morgan fingerprint density at radius 1 is 0.879 bits per heavy atom. The molecule has 2 amide bonds. The standard InChI is InChI=1S/C24H15Cl3N2O4/c1-13-2-9-17(10-3-13)33-24(32)14-4-7-16(8-5-14)28-21-20(27)22(30)29(23(21)31)19-11-6-15(25)12-18(19)26/h2-12,28H,1H3. The highest BCUT2D eigenvalue weighted by Crippen LogP contribution is 2.35. The largest absolute Gasteiger partial charge is 0.423 e. The van der Waals surface area contributed by atoms with Crippen LogP contribution in [0.4, 0.5) is 11.4 Å². The van der Waals surface area contributed by atoms with Crippen molar-refractivity contribution >= 4 is 64.0 Å². The maximum atomic E-state index is 12.9. The van der Waals surface area contributed by atoms with Crippen LogP contribution < -0.4 is 15.0 Å². The number of nitrogens with zero attached hydrogens (tertiary/aromatic N) is 1. The first-order valence-electron chi connectivity index (χ1n) is 9.64. The Kier molecular flexibility index (Phi) is 6.42. The third kappa shape index (κ3) is 4.73. The van der Waals surface area contributed by atoms with Crippen LogP contribution in [0.1, 0.15) is 15.9 Å². The zero-order valence-electron chi connectivity index (χ0n) is 17.1. The smallest absolute Gasteiger partial charge is 0.343 e. The van der Waals surface area contributed by atoms with E-state index in [-0.39, 0.29) is 21.4 Å². The summed E-state index contributed by atoms with van der Waals surface area (Å²) in [5, 5.41) is 3.05. The topological polar surface area (TPSA) is 75.7 Å². The minimum absolute atomic E-state index is 0.109. The highest BCUT2D eigenvalue weighted by molar-refractivity contribution is 6.53. The van der Waals surface area contributed by atoms with Gasteiger partial charge < -0.3 is 10.1 Å². The van der Waals surface area contributed by atoms with Crippen LogP contribution in [0.25, 0.3) is 0 Å². The van der Waals surface area contributed by atoms with Crippen LogP contribution in [0.15, 0.2) is 77.5 Å². The van der Waals surface area contributed by atoms with Gasteiger partial charge in [-0.15, -0.1) is 0 Å². The van der Waals surface area contributed by atoms with E-state index in [1.165, 1.54) is 30.3 Å². The summed E-state index contributed by atoms with van der Waals surface area (Å²) in [5.41, 5.74) is 1.86. The van der Waals surface area contributed by atoms with Gasteiger partial charge in [0.2, 0.25) is 0 Å². The number of imide groups is 1. The Hall–Kier alpha value is -3.32. The van der Waals surface area contributed by atoms with E-state index < -0.39 is 17.8 Å². The van der Waals surface area contributed by atoms with Crippen LogP contribution >= 0.6 is 34.8 Å². The number of nitrogens with one attached hydrogen (secondary N) is 1. The molecule has 0 radical (unpaired) electrons. The van der Waals surface area contributed by atoms with E-state index in [4.69, 9.17) is 39.5 Å². The molecule has 6 nitrogen and oxygen atoms in total. The second-order valence-corrected chi connectivity index (χ2v) is 8.36. The third-order valence-corrected chi connectivity index (χ3v) is 5.69. The Bertz CT molecular complexity index is 1300. The summed E-state index contributed by atoms with van der Waals surface area (Å²) < 4.78 is 5.34. The van der Waals surface area contributed by atoms with Gasteiger partial charge in [0.1, 0.15) is 16.5 Å². The summed E-state index contributed by atoms with van der Waals surface area (Å²) in [4.78, 5) is 38.7. The predicted molar refractivity (Wildman–Crippen MR) is 128 cm³/mol. The first-order chi connectivity index (χ1) is 15.7. The molecule has 4 rings (SSSR count). The summed E-state index contributed by atoms with van der Waals surface area (Å²) >= 11 is 18.2. The molecule has 0 unspecified atom stereocenters. The van der Waals surface area contributed by atoms with Gasteiger partial charge in [-0.2, -0.15) is 0 Å². The number of hydrogen-bond acceptors (Lipinski definition) is 5. The normalized spacial score (nSPS) is 13.5.